The summed E-state index contributed by atoms with van der Waals surface area (Å²) >= 11 is 0. The lowest BCUT2D eigenvalue weighted by molar-refractivity contribution is 0.168. The lowest BCUT2D eigenvalue weighted by atomic mass is 9.99. The molecular formula is C25H27N7O. The molecule has 0 saturated carbocycles. The number of fused-ring (bicyclic) bond motifs is 1. The summed E-state index contributed by atoms with van der Waals surface area (Å²) in [5, 5.41) is 28.1. The molecule has 1 fully saturated rings. The number of pyridine rings is 1. The van der Waals surface area contributed by atoms with Gasteiger partial charge in [-0.05, 0) is 37.7 Å². The van der Waals surface area contributed by atoms with Crippen LogP contribution in [0.5, 0.6) is 0 Å². The first-order valence-corrected chi connectivity index (χ1v) is 11.2. The summed E-state index contributed by atoms with van der Waals surface area (Å²) < 4.78 is 3.50. The highest BCUT2D eigenvalue weighted by Crippen LogP contribution is 2.33. The van der Waals surface area contributed by atoms with Crippen molar-refractivity contribution in [2.75, 3.05) is 38.1 Å². The second-order valence-corrected chi connectivity index (χ2v) is 8.74. The number of nitrogens with zero attached hydrogens (tertiary/aromatic N) is 7. The van der Waals surface area contributed by atoms with Crippen LogP contribution in [-0.2, 0) is 6.54 Å². The van der Waals surface area contributed by atoms with E-state index < -0.39 is 6.10 Å². The van der Waals surface area contributed by atoms with Gasteiger partial charge in [0.15, 0.2) is 0 Å². The Bertz CT molecular complexity index is 1310. The van der Waals surface area contributed by atoms with Crippen molar-refractivity contribution in [3.8, 4) is 28.3 Å². The normalized spacial score (nSPS) is 15.6. The van der Waals surface area contributed by atoms with Crippen LogP contribution in [0.3, 0.4) is 0 Å². The Labute approximate surface area is 192 Å². The monoisotopic (exact) mass is 441 g/mol. The van der Waals surface area contributed by atoms with E-state index in [1.807, 2.05) is 12.4 Å². The van der Waals surface area contributed by atoms with E-state index in [0.717, 1.165) is 53.9 Å². The first kappa shape index (κ1) is 21.2. The van der Waals surface area contributed by atoms with Gasteiger partial charge in [0.05, 0.1) is 36.1 Å². The number of hydrogen-bond donors (Lipinski definition) is 1. The number of aromatic nitrogens is 4. The maximum Gasteiger partial charge on any atom is 0.103 e. The molecule has 1 aliphatic heterocycles. The molecule has 0 spiro atoms. The Hall–Kier alpha value is -3.67. The Morgan fingerprint density at radius 2 is 1.76 bits per heavy atom. The zero-order valence-electron chi connectivity index (χ0n) is 18.9. The molecule has 0 bridgehead atoms. The summed E-state index contributed by atoms with van der Waals surface area (Å²) in [7, 11) is 2.16. The molecule has 1 unspecified atom stereocenters. The average Bonchev–Trinajstić information content (AvgIpc) is 3.45. The van der Waals surface area contributed by atoms with Crippen molar-refractivity contribution in [1.82, 2.24) is 24.3 Å². The molecule has 1 saturated heterocycles. The van der Waals surface area contributed by atoms with Gasteiger partial charge in [-0.3, -0.25) is 4.68 Å². The van der Waals surface area contributed by atoms with Gasteiger partial charge in [0.25, 0.3) is 0 Å². The van der Waals surface area contributed by atoms with Crippen LogP contribution < -0.4 is 4.90 Å². The third kappa shape index (κ3) is 4.21. The molecule has 0 amide bonds. The Balaban J connectivity index is 1.54. The molecule has 168 valence electrons. The molecule has 3 aromatic heterocycles. The summed E-state index contributed by atoms with van der Waals surface area (Å²) in [6, 6.07) is 12.9. The number of hydrogen-bond acceptors (Lipinski definition) is 6. The SMILES string of the molecule is CC(O)Cn1cc(-c2cc(-c3ccc(N4CCN(C)CC4)cc3)c3c(C#N)cnn3c2)cn1. The summed E-state index contributed by atoms with van der Waals surface area (Å²) in [6.45, 7) is 6.34. The Morgan fingerprint density at radius 3 is 2.45 bits per heavy atom. The quantitative estimate of drug-likeness (QED) is 0.513. The summed E-state index contributed by atoms with van der Waals surface area (Å²) in [5.41, 5.74) is 6.43. The fraction of sp³-hybridized carbons (Fsp3) is 0.320. The molecule has 1 atom stereocenters. The van der Waals surface area contributed by atoms with E-state index in [2.05, 4.69) is 63.4 Å². The van der Waals surface area contributed by atoms with Gasteiger partial charge in [-0.15, -0.1) is 0 Å². The van der Waals surface area contributed by atoms with Gasteiger partial charge in [0, 0.05) is 61.0 Å². The Kier molecular flexibility index (Phi) is 5.58. The van der Waals surface area contributed by atoms with Gasteiger partial charge in [-0.2, -0.15) is 15.5 Å². The van der Waals surface area contributed by atoms with Crippen LogP contribution in [0.1, 0.15) is 12.5 Å². The lowest BCUT2D eigenvalue weighted by Gasteiger charge is -2.34. The summed E-state index contributed by atoms with van der Waals surface area (Å²) in [6.07, 6.45) is 6.76. The number of nitriles is 1. The molecule has 4 heterocycles. The molecule has 1 N–H and O–H groups in total. The van der Waals surface area contributed by atoms with Gasteiger partial charge in [0.1, 0.15) is 6.07 Å². The van der Waals surface area contributed by atoms with Crippen LogP contribution in [0.2, 0.25) is 0 Å². The minimum absolute atomic E-state index is 0.434. The molecule has 0 aliphatic carbocycles. The van der Waals surface area contributed by atoms with Crippen LogP contribution in [0.15, 0.2) is 55.1 Å². The van der Waals surface area contributed by atoms with E-state index in [1.165, 1.54) is 5.69 Å². The molecular weight excluding hydrogens is 414 g/mol. The number of aliphatic hydroxyl groups is 1. The number of likely N-dealkylation sites (N-methyl/N-ethyl adjacent to an activating group) is 1. The number of rotatable bonds is 5. The minimum atomic E-state index is -0.473. The molecule has 5 rings (SSSR count). The molecule has 1 aliphatic rings. The highest BCUT2D eigenvalue weighted by molar-refractivity contribution is 5.88. The maximum absolute atomic E-state index is 9.67. The zero-order chi connectivity index (χ0) is 22.9. The van der Waals surface area contributed by atoms with Crippen LogP contribution in [-0.4, -0.2) is 68.7 Å². The van der Waals surface area contributed by atoms with Crippen LogP contribution >= 0.6 is 0 Å². The van der Waals surface area contributed by atoms with Crippen molar-refractivity contribution in [1.29, 1.82) is 5.26 Å². The molecule has 0 radical (unpaired) electrons. The standard InChI is InChI=1S/C25H27N7O/c1-18(33)15-31-16-22(14-27-31)20-11-24(25-21(12-26)13-28-32(25)17-20)19-3-5-23(6-4-19)30-9-7-29(2)8-10-30/h3-6,11,13-14,16-18,33H,7-10,15H2,1-2H3. The van der Waals surface area contributed by atoms with E-state index in [1.54, 1.807) is 28.5 Å². The van der Waals surface area contributed by atoms with Gasteiger partial charge >= 0.3 is 0 Å². The van der Waals surface area contributed by atoms with Crippen molar-refractivity contribution in [2.24, 2.45) is 0 Å². The smallest absolute Gasteiger partial charge is 0.103 e. The van der Waals surface area contributed by atoms with Crippen molar-refractivity contribution in [3.63, 3.8) is 0 Å². The highest BCUT2D eigenvalue weighted by Gasteiger charge is 2.17. The highest BCUT2D eigenvalue weighted by atomic mass is 16.3. The second-order valence-electron chi connectivity index (χ2n) is 8.74. The van der Waals surface area contributed by atoms with Gasteiger partial charge in [-0.25, -0.2) is 4.52 Å². The van der Waals surface area contributed by atoms with Crippen LogP contribution in [0.4, 0.5) is 5.69 Å². The topological polar surface area (TPSA) is 85.6 Å². The van der Waals surface area contributed by atoms with E-state index in [-0.39, 0.29) is 0 Å². The van der Waals surface area contributed by atoms with E-state index in [4.69, 9.17) is 0 Å². The molecule has 1 aromatic carbocycles. The molecule has 8 nitrogen and oxygen atoms in total. The van der Waals surface area contributed by atoms with E-state index in [0.29, 0.717) is 12.1 Å². The predicted octanol–water partition coefficient (Wildman–Crippen LogP) is 2.87. The maximum atomic E-state index is 9.67. The number of anilines is 1. The molecule has 4 aromatic rings. The molecule has 33 heavy (non-hydrogen) atoms. The van der Waals surface area contributed by atoms with Crippen LogP contribution in [0.25, 0.3) is 27.8 Å². The van der Waals surface area contributed by atoms with Crippen LogP contribution in [0, 0.1) is 11.3 Å². The Morgan fingerprint density at radius 1 is 1.00 bits per heavy atom. The second kappa shape index (κ2) is 8.70. The summed E-state index contributed by atoms with van der Waals surface area (Å²) in [5.74, 6) is 0. The first-order valence-electron chi connectivity index (χ1n) is 11.2. The zero-order valence-corrected chi connectivity index (χ0v) is 18.9. The molecule has 8 heteroatoms. The average molecular weight is 442 g/mol. The minimum Gasteiger partial charge on any atom is -0.391 e. The number of piperazine rings is 1. The summed E-state index contributed by atoms with van der Waals surface area (Å²) in [4.78, 5) is 4.76. The van der Waals surface area contributed by atoms with Gasteiger partial charge in [-0.1, -0.05) is 12.1 Å². The third-order valence-electron chi connectivity index (χ3n) is 6.20. The fourth-order valence-electron chi connectivity index (χ4n) is 4.38. The number of aliphatic hydroxyl groups excluding tert-OH is 1. The number of benzene rings is 1. The van der Waals surface area contributed by atoms with Crippen molar-refractivity contribution >= 4 is 11.2 Å². The van der Waals surface area contributed by atoms with E-state index >= 15 is 0 Å². The first-order chi connectivity index (χ1) is 16.0. The van der Waals surface area contributed by atoms with Crippen molar-refractivity contribution in [3.05, 3.63) is 60.7 Å². The lowest BCUT2D eigenvalue weighted by Crippen LogP contribution is -2.44. The van der Waals surface area contributed by atoms with Gasteiger partial charge < -0.3 is 14.9 Å². The third-order valence-corrected chi connectivity index (χ3v) is 6.20. The van der Waals surface area contributed by atoms with E-state index in [9.17, 15) is 10.4 Å². The van der Waals surface area contributed by atoms with Gasteiger partial charge in [0.2, 0.25) is 0 Å². The van der Waals surface area contributed by atoms with Crippen molar-refractivity contribution < 1.29 is 5.11 Å². The fourth-order valence-corrected chi connectivity index (χ4v) is 4.38. The predicted molar refractivity (Wildman–Crippen MR) is 128 cm³/mol. The van der Waals surface area contributed by atoms with Crippen molar-refractivity contribution in [2.45, 2.75) is 19.6 Å². The largest absolute Gasteiger partial charge is 0.391 e.